The number of carbonyl (C=O) groups is 1. The average Bonchev–Trinajstić information content (AvgIpc) is 3.05. The first-order valence-electron chi connectivity index (χ1n) is 8.70. The number of benzene rings is 1. The third-order valence-corrected chi connectivity index (χ3v) is 5.68. The highest BCUT2D eigenvalue weighted by Crippen LogP contribution is 2.35. The topological polar surface area (TPSA) is 20.3 Å². The SMILES string of the molecule is C=C1CCC(C(=O)N(c2csc(-c3ccccc3)c2)C(C)C)CC1. The maximum Gasteiger partial charge on any atom is 0.230 e. The van der Waals surface area contributed by atoms with Gasteiger partial charge >= 0.3 is 0 Å². The smallest absolute Gasteiger partial charge is 0.230 e. The number of hydrogen-bond acceptors (Lipinski definition) is 2. The lowest BCUT2D eigenvalue weighted by Gasteiger charge is -2.32. The molecule has 126 valence electrons. The van der Waals surface area contributed by atoms with Crippen molar-refractivity contribution in [1.29, 1.82) is 0 Å². The first kappa shape index (κ1) is 17.0. The van der Waals surface area contributed by atoms with Crippen LogP contribution in [0.1, 0.15) is 39.5 Å². The van der Waals surface area contributed by atoms with Crippen LogP contribution in [0.25, 0.3) is 10.4 Å². The van der Waals surface area contributed by atoms with Crippen LogP contribution in [-0.4, -0.2) is 11.9 Å². The molecule has 0 spiro atoms. The van der Waals surface area contributed by atoms with Crippen LogP contribution in [0.2, 0.25) is 0 Å². The van der Waals surface area contributed by atoms with Crippen LogP contribution in [0, 0.1) is 5.92 Å². The normalized spacial score (nSPS) is 15.7. The summed E-state index contributed by atoms with van der Waals surface area (Å²) < 4.78 is 0. The summed E-state index contributed by atoms with van der Waals surface area (Å²) in [6, 6.07) is 12.7. The number of anilines is 1. The molecule has 0 aliphatic heterocycles. The molecule has 2 nitrogen and oxygen atoms in total. The Morgan fingerprint density at radius 2 is 1.88 bits per heavy atom. The van der Waals surface area contributed by atoms with Crippen molar-refractivity contribution in [2.24, 2.45) is 5.92 Å². The molecule has 3 heteroatoms. The first-order chi connectivity index (χ1) is 11.6. The van der Waals surface area contributed by atoms with Crippen LogP contribution in [0.5, 0.6) is 0 Å². The van der Waals surface area contributed by atoms with E-state index in [1.807, 2.05) is 11.0 Å². The molecule has 2 aromatic rings. The molecule has 1 aromatic carbocycles. The van der Waals surface area contributed by atoms with Gasteiger partial charge in [0.1, 0.15) is 0 Å². The molecule has 0 saturated heterocycles. The van der Waals surface area contributed by atoms with Crippen molar-refractivity contribution in [2.45, 2.75) is 45.6 Å². The number of amides is 1. The van der Waals surface area contributed by atoms with E-state index in [-0.39, 0.29) is 17.9 Å². The van der Waals surface area contributed by atoms with Gasteiger partial charge < -0.3 is 4.90 Å². The lowest BCUT2D eigenvalue weighted by Crippen LogP contribution is -2.41. The standard InChI is InChI=1S/C21H25NOS/c1-15(2)22(21(23)18-11-9-16(3)10-12-18)19-13-20(24-14-19)17-7-5-4-6-8-17/h4-8,13-15,18H,3,9-12H2,1-2H3. The molecule has 0 unspecified atom stereocenters. The zero-order chi connectivity index (χ0) is 17.1. The Labute approximate surface area is 148 Å². The fourth-order valence-electron chi connectivity index (χ4n) is 3.36. The molecule has 1 aromatic heterocycles. The van der Waals surface area contributed by atoms with Gasteiger partial charge in [-0.2, -0.15) is 0 Å². The van der Waals surface area contributed by atoms with E-state index >= 15 is 0 Å². The summed E-state index contributed by atoms with van der Waals surface area (Å²) in [5, 5.41) is 2.11. The van der Waals surface area contributed by atoms with Crippen LogP contribution in [-0.2, 0) is 4.79 Å². The molecule has 1 fully saturated rings. The third kappa shape index (κ3) is 3.62. The van der Waals surface area contributed by atoms with Crippen molar-refractivity contribution in [2.75, 3.05) is 4.90 Å². The second-order valence-electron chi connectivity index (χ2n) is 6.86. The monoisotopic (exact) mass is 339 g/mol. The molecular formula is C21H25NOS. The van der Waals surface area contributed by atoms with E-state index in [9.17, 15) is 4.79 Å². The van der Waals surface area contributed by atoms with Crippen molar-refractivity contribution in [3.05, 3.63) is 53.9 Å². The highest BCUT2D eigenvalue weighted by atomic mass is 32.1. The number of thiophene rings is 1. The Balaban J connectivity index is 1.82. The van der Waals surface area contributed by atoms with E-state index in [1.54, 1.807) is 11.3 Å². The number of rotatable bonds is 4. The second-order valence-corrected chi connectivity index (χ2v) is 7.77. The Kier molecular flexibility index (Phi) is 5.20. The largest absolute Gasteiger partial charge is 0.309 e. The van der Waals surface area contributed by atoms with Gasteiger partial charge in [-0.1, -0.05) is 42.5 Å². The van der Waals surface area contributed by atoms with E-state index < -0.39 is 0 Å². The molecule has 24 heavy (non-hydrogen) atoms. The predicted octanol–water partition coefficient (Wildman–Crippen LogP) is 5.90. The van der Waals surface area contributed by atoms with Crippen molar-refractivity contribution in [3.8, 4) is 10.4 Å². The Hall–Kier alpha value is -1.87. The van der Waals surface area contributed by atoms with Crippen LogP contribution in [0.3, 0.4) is 0 Å². The summed E-state index contributed by atoms with van der Waals surface area (Å²) in [7, 11) is 0. The number of allylic oxidation sites excluding steroid dienone is 1. The van der Waals surface area contributed by atoms with Crippen LogP contribution in [0.4, 0.5) is 5.69 Å². The predicted molar refractivity (Wildman–Crippen MR) is 103 cm³/mol. The summed E-state index contributed by atoms with van der Waals surface area (Å²) in [6.07, 6.45) is 3.86. The molecule has 0 bridgehead atoms. The number of carbonyl (C=O) groups excluding carboxylic acids is 1. The van der Waals surface area contributed by atoms with Gasteiger partial charge in [-0.3, -0.25) is 4.79 Å². The Morgan fingerprint density at radius 1 is 1.21 bits per heavy atom. The summed E-state index contributed by atoms with van der Waals surface area (Å²) in [4.78, 5) is 16.3. The third-order valence-electron chi connectivity index (χ3n) is 4.72. The number of nitrogens with zero attached hydrogens (tertiary/aromatic N) is 1. The van der Waals surface area contributed by atoms with Gasteiger partial charge in [0, 0.05) is 22.2 Å². The molecule has 1 heterocycles. The molecular weight excluding hydrogens is 314 g/mol. The van der Waals surface area contributed by atoms with Crippen LogP contribution in [0.15, 0.2) is 53.9 Å². The fraction of sp³-hybridized carbons (Fsp3) is 0.381. The second kappa shape index (κ2) is 7.35. The lowest BCUT2D eigenvalue weighted by molar-refractivity contribution is -0.123. The zero-order valence-electron chi connectivity index (χ0n) is 14.5. The van der Waals surface area contributed by atoms with Gasteiger partial charge in [-0.25, -0.2) is 0 Å². The minimum absolute atomic E-state index is 0.137. The van der Waals surface area contributed by atoms with Gasteiger partial charge in [-0.05, 0) is 51.2 Å². The molecule has 0 atom stereocenters. The minimum Gasteiger partial charge on any atom is -0.309 e. The summed E-state index contributed by atoms with van der Waals surface area (Å²) >= 11 is 1.70. The fourth-order valence-corrected chi connectivity index (χ4v) is 4.25. The first-order valence-corrected chi connectivity index (χ1v) is 9.58. The van der Waals surface area contributed by atoms with Crippen molar-refractivity contribution in [1.82, 2.24) is 0 Å². The van der Waals surface area contributed by atoms with E-state index in [0.29, 0.717) is 0 Å². The maximum absolute atomic E-state index is 13.1. The van der Waals surface area contributed by atoms with Gasteiger partial charge in [0.25, 0.3) is 0 Å². The van der Waals surface area contributed by atoms with Gasteiger partial charge in [0.15, 0.2) is 0 Å². The van der Waals surface area contributed by atoms with Gasteiger partial charge in [0.2, 0.25) is 5.91 Å². The number of hydrogen-bond donors (Lipinski definition) is 0. The highest BCUT2D eigenvalue weighted by Gasteiger charge is 2.29. The lowest BCUT2D eigenvalue weighted by atomic mass is 9.85. The summed E-state index contributed by atoms with van der Waals surface area (Å²) in [5.74, 6) is 0.410. The zero-order valence-corrected chi connectivity index (χ0v) is 15.3. The summed E-state index contributed by atoms with van der Waals surface area (Å²) in [5.41, 5.74) is 3.53. The molecule has 0 radical (unpaired) electrons. The van der Waals surface area contributed by atoms with Crippen molar-refractivity contribution in [3.63, 3.8) is 0 Å². The maximum atomic E-state index is 13.1. The Morgan fingerprint density at radius 3 is 2.50 bits per heavy atom. The highest BCUT2D eigenvalue weighted by molar-refractivity contribution is 7.14. The van der Waals surface area contributed by atoms with E-state index in [4.69, 9.17) is 0 Å². The van der Waals surface area contributed by atoms with E-state index in [2.05, 4.69) is 56.1 Å². The van der Waals surface area contributed by atoms with Crippen molar-refractivity contribution < 1.29 is 4.79 Å². The van der Waals surface area contributed by atoms with Gasteiger partial charge in [-0.15, -0.1) is 11.3 Å². The molecule has 1 aliphatic rings. The molecule has 1 aliphatic carbocycles. The molecule has 1 saturated carbocycles. The molecule has 3 rings (SSSR count). The average molecular weight is 340 g/mol. The summed E-state index contributed by atoms with van der Waals surface area (Å²) in [6.45, 7) is 8.25. The quantitative estimate of drug-likeness (QED) is 0.635. The molecule has 1 amide bonds. The Bertz CT molecular complexity index is 706. The van der Waals surface area contributed by atoms with E-state index in [1.165, 1.54) is 16.0 Å². The van der Waals surface area contributed by atoms with Crippen molar-refractivity contribution >= 4 is 22.9 Å². The molecule has 0 N–H and O–H groups in total. The minimum atomic E-state index is 0.137. The van der Waals surface area contributed by atoms with Crippen LogP contribution >= 0.6 is 11.3 Å². The van der Waals surface area contributed by atoms with Gasteiger partial charge in [0.05, 0.1) is 5.69 Å². The van der Waals surface area contributed by atoms with E-state index in [0.717, 1.165) is 31.4 Å². The van der Waals surface area contributed by atoms with Crippen LogP contribution < -0.4 is 4.90 Å².